The fraction of sp³-hybridized carbons (Fsp3) is 0.556. The smallest absolute Gasteiger partial charge is 0.325 e. The van der Waals surface area contributed by atoms with Crippen molar-refractivity contribution >= 4 is 5.97 Å². The van der Waals surface area contributed by atoms with Crippen molar-refractivity contribution in [2.75, 3.05) is 7.11 Å². The van der Waals surface area contributed by atoms with E-state index in [1.807, 2.05) is 20.8 Å². The molecule has 4 heteroatoms. The molecule has 0 saturated carbocycles. The molecular formula is C9H16N2O2. The molecular weight excluding hydrogens is 168 g/mol. The highest BCUT2D eigenvalue weighted by Crippen LogP contribution is 1.93. The van der Waals surface area contributed by atoms with E-state index in [0.29, 0.717) is 0 Å². The van der Waals surface area contributed by atoms with Gasteiger partial charge in [0.05, 0.1) is 19.1 Å². The van der Waals surface area contributed by atoms with Crippen molar-refractivity contribution in [3.05, 3.63) is 18.2 Å². The molecule has 1 heterocycles. The SMILES string of the molecule is CC.COC(=O)Cn1cnc(C)c1. The van der Waals surface area contributed by atoms with Gasteiger partial charge >= 0.3 is 5.97 Å². The zero-order chi connectivity index (χ0) is 10.3. The van der Waals surface area contributed by atoms with Gasteiger partial charge in [-0.05, 0) is 6.92 Å². The van der Waals surface area contributed by atoms with Crippen LogP contribution in [0.15, 0.2) is 12.5 Å². The van der Waals surface area contributed by atoms with Gasteiger partial charge in [-0.3, -0.25) is 4.79 Å². The maximum absolute atomic E-state index is 10.7. The van der Waals surface area contributed by atoms with Gasteiger partial charge in [-0.15, -0.1) is 0 Å². The first-order valence-electron chi connectivity index (χ1n) is 4.27. The Balaban J connectivity index is 0.000000671. The maximum Gasteiger partial charge on any atom is 0.325 e. The van der Waals surface area contributed by atoms with Crippen LogP contribution in [-0.2, 0) is 16.1 Å². The molecule has 0 N–H and O–H groups in total. The van der Waals surface area contributed by atoms with Crippen molar-refractivity contribution in [1.82, 2.24) is 9.55 Å². The Labute approximate surface area is 78.5 Å². The number of esters is 1. The van der Waals surface area contributed by atoms with Crippen LogP contribution in [0, 0.1) is 6.92 Å². The van der Waals surface area contributed by atoms with Crippen molar-refractivity contribution in [1.29, 1.82) is 0 Å². The zero-order valence-corrected chi connectivity index (χ0v) is 8.57. The lowest BCUT2D eigenvalue weighted by Crippen LogP contribution is -2.09. The quantitative estimate of drug-likeness (QED) is 0.652. The lowest BCUT2D eigenvalue weighted by molar-refractivity contribution is -0.141. The molecule has 0 aliphatic carbocycles. The first-order valence-corrected chi connectivity index (χ1v) is 4.27. The maximum atomic E-state index is 10.7. The van der Waals surface area contributed by atoms with Gasteiger partial charge in [0.1, 0.15) is 6.54 Å². The fourth-order valence-corrected chi connectivity index (χ4v) is 0.772. The number of aromatic nitrogens is 2. The van der Waals surface area contributed by atoms with Crippen LogP contribution in [0.2, 0.25) is 0 Å². The Hall–Kier alpha value is -1.32. The van der Waals surface area contributed by atoms with E-state index < -0.39 is 0 Å². The molecule has 1 aromatic rings. The summed E-state index contributed by atoms with van der Waals surface area (Å²) >= 11 is 0. The molecule has 0 aromatic carbocycles. The lowest BCUT2D eigenvalue weighted by Gasteiger charge is -1.97. The van der Waals surface area contributed by atoms with Crippen molar-refractivity contribution < 1.29 is 9.53 Å². The van der Waals surface area contributed by atoms with Gasteiger partial charge in [0.25, 0.3) is 0 Å². The number of nitrogens with zero attached hydrogens (tertiary/aromatic N) is 2. The van der Waals surface area contributed by atoms with Crippen LogP contribution in [0.5, 0.6) is 0 Å². The summed E-state index contributed by atoms with van der Waals surface area (Å²) in [5.74, 6) is -0.262. The minimum atomic E-state index is -0.262. The normalized spacial score (nSPS) is 8.62. The molecule has 0 fully saturated rings. The van der Waals surface area contributed by atoms with Crippen LogP contribution < -0.4 is 0 Å². The molecule has 0 spiro atoms. The molecule has 0 aliphatic heterocycles. The number of carbonyl (C=O) groups excluding carboxylic acids is 1. The monoisotopic (exact) mass is 184 g/mol. The van der Waals surface area contributed by atoms with Gasteiger partial charge in [-0.1, -0.05) is 13.8 Å². The topological polar surface area (TPSA) is 44.1 Å². The summed E-state index contributed by atoms with van der Waals surface area (Å²) in [6.07, 6.45) is 3.39. The van der Waals surface area contributed by atoms with E-state index in [-0.39, 0.29) is 12.5 Å². The third-order valence-corrected chi connectivity index (χ3v) is 1.30. The van der Waals surface area contributed by atoms with Crippen molar-refractivity contribution in [2.24, 2.45) is 0 Å². The third kappa shape index (κ3) is 4.30. The highest BCUT2D eigenvalue weighted by molar-refractivity contribution is 5.68. The standard InChI is InChI=1S/C7H10N2O2.C2H6/c1-6-3-9(5-8-6)4-7(10)11-2;1-2/h3,5H,4H2,1-2H3;1-2H3. The molecule has 0 saturated heterocycles. The molecule has 13 heavy (non-hydrogen) atoms. The number of ether oxygens (including phenoxy) is 1. The summed E-state index contributed by atoms with van der Waals surface area (Å²) in [4.78, 5) is 14.7. The van der Waals surface area contributed by atoms with Crippen LogP contribution in [-0.4, -0.2) is 22.6 Å². The van der Waals surface area contributed by atoms with Crippen molar-refractivity contribution in [3.63, 3.8) is 0 Å². The number of carbonyl (C=O) groups is 1. The van der Waals surface area contributed by atoms with E-state index in [9.17, 15) is 4.79 Å². The first-order chi connectivity index (χ1) is 6.22. The van der Waals surface area contributed by atoms with Crippen LogP contribution >= 0.6 is 0 Å². The van der Waals surface area contributed by atoms with Crippen LogP contribution in [0.25, 0.3) is 0 Å². The van der Waals surface area contributed by atoms with Crippen LogP contribution in [0.1, 0.15) is 19.5 Å². The molecule has 0 aliphatic rings. The number of hydrogen-bond donors (Lipinski definition) is 0. The van der Waals surface area contributed by atoms with E-state index in [1.54, 1.807) is 17.1 Å². The van der Waals surface area contributed by atoms with Gasteiger partial charge in [-0.25, -0.2) is 4.98 Å². The molecule has 1 aromatic heterocycles. The van der Waals surface area contributed by atoms with Crippen molar-refractivity contribution in [2.45, 2.75) is 27.3 Å². The number of rotatable bonds is 2. The zero-order valence-electron chi connectivity index (χ0n) is 8.57. The largest absolute Gasteiger partial charge is 0.468 e. The molecule has 1 rings (SSSR count). The second-order valence-corrected chi connectivity index (χ2v) is 2.26. The second kappa shape index (κ2) is 6.22. The number of imidazole rings is 1. The van der Waals surface area contributed by atoms with Crippen molar-refractivity contribution in [3.8, 4) is 0 Å². The highest BCUT2D eigenvalue weighted by atomic mass is 16.5. The highest BCUT2D eigenvalue weighted by Gasteiger charge is 2.00. The fourth-order valence-electron chi connectivity index (χ4n) is 0.772. The number of methoxy groups -OCH3 is 1. The summed E-state index contributed by atoms with van der Waals surface area (Å²) in [7, 11) is 1.37. The predicted octanol–water partition coefficient (Wildman–Crippen LogP) is 1.39. The van der Waals surface area contributed by atoms with E-state index in [2.05, 4.69) is 9.72 Å². The lowest BCUT2D eigenvalue weighted by atomic mass is 10.5. The molecule has 0 atom stereocenters. The number of hydrogen-bond acceptors (Lipinski definition) is 3. The third-order valence-electron chi connectivity index (χ3n) is 1.30. The van der Waals surface area contributed by atoms with E-state index in [4.69, 9.17) is 0 Å². The molecule has 74 valence electrons. The Kier molecular flexibility index (Phi) is 5.59. The Morgan fingerprint density at radius 1 is 1.62 bits per heavy atom. The predicted molar refractivity (Wildman–Crippen MR) is 50.3 cm³/mol. The van der Waals surface area contributed by atoms with Crippen LogP contribution in [0.4, 0.5) is 0 Å². The second-order valence-electron chi connectivity index (χ2n) is 2.26. The van der Waals surface area contributed by atoms with E-state index >= 15 is 0 Å². The van der Waals surface area contributed by atoms with Gasteiger partial charge in [0, 0.05) is 6.20 Å². The van der Waals surface area contributed by atoms with Gasteiger partial charge in [0.2, 0.25) is 0 Å². The van der Waals surface area contributed by atoms with E-state index in [1.165, 1.54) is 7.11 Å². The average Bonchev–Trinajstić information content (AvgIpc) is 2.54. The summed E-state index contributed by atoms with van der Waals surface area (Å²) < 4.78 is 6.16. The number of aryl methyl sites for hydroxylation is 1. The van der Waals surface area contributed by atoms with Gasteiger partial charge in [0.15, 0.2) is 0 Å². The molecule has 0 bridgehead atoms. The minimum Gasteiger partial charge on any atom is -0.468 e. The van der Waals surface area contributed by atoms with Gasteiger partial charge in [-0.2, -0.15) is 0 Å². The summed E-state index contributed by atoms with van der Waals surface area (Å²) in [5, 5.41) is 0. The molecule has 0 unspecified atom stereocenters. The summed E-state index contributed by atoms with van der Waals surface area (Å²) in [6, 6.07) is 0. The Bertz CT molecular complexity index is 256. The Morgan fingerprint density at radius 3 is 2.62 bits per heavy atom. The molecule has 0 amide bonds. The molecule has 4 nitrogen and oxygen atoms in total. The minimum absolute atomic E-state index is 0.233. The summed E-state index contributed by atoms with van der Waals surface area (Å²) in [5.41, 5.74) is 0.897. The van der Waals surface area contributed by atoms with E-state index in [0.717, 1.165) is 5.69 Å². The average molecular weight is 184 g/mol. The Morgan fingerprint density at radius 2 is 2.23 bits per heavy atom. The van der Waals surface area contributed by atoms with Gasteiger partial charge < -0.3 is 9.30 Å². The first kappa shape index (κ1) is 11.7. The van der Waals surface area contributed by atoms with Crippen LogP contribution in [0.3, 0.4) is 0 Å². The summed E-state index contributed by atoms with van der Waals surface area (Å²) in [6.45, 7) is 6.10. The molecule has 0 radical (unpaired) electrons.